The van der Waals surface area contributed by atoms with E-state index < -0.39 is 0 Å². The molecule has 1 amide bonds. The third kappa shape index (κ3) is 7.73. The number of nitrogens with one attached hydrogen (secondary N) is 1. The number of piperazine rings is 1. The smallest absolute Gasteiger partial charge is 0.409 e. The average molecular weight is 504 g/mol. The molecule has 8 heteroatoms. The minimum absolute atomic E-state index is 0. The van der Waals surface area contributed by atoms with E-state index in [-0.39, 0.29) is 30.1 Å². The Bertz CT molecular complexity index is 602. The van der Waals surface area contributed by atoms with Gasteiger partial charge >= 0.3 is 6.09 Å². The number of methoxy groups -OCH3 is 1. The van der Waals surface area contributed by atoms with Gasteiger partial charge in [-0.05, 0) is 44.4 Å². The van der Waals surface area contributed by atoms with Crippen molar-refractivity contribution in [1.29, 1.82) is 0 Å². The van der Waals surface area contributed by atoms with Crippen LogP contribution < -0.4 is 10.1 Å². The highest BCUT2D eigenvalue weighted by Crippen LogP contribution is 2.12. The van der Waals surface area contributed by atoms with Crippen LogP contribution in [0, 0.1) is 0 Å². The van der Waals surface area contributed by atoms with Crippen molar-refractivity contribution < 1.29 is 14.3 Å². The number of ether oxygens (including phenoxy) is 2. The molecule has 7 nitrogen and oxygen atoms in total. The molecule has 0 aliphatic carbocycles. The van der Waals surface area contributed by atoms with Crippen molar-refractivity contribution in [2.24, 2.45) is 4.99 Å². The standard InChI is InChI=1S/C20H32N4O3.HI/c1-4-21-19(23-13-15-24(16-14-23)20(25)27-5-2)22-12-6-7-17-8-10-18(26-3)11-9-17;/h8-11H,4-7,12-16H2,1-3H3,(H,21,22);1H. The first-order valence-electron chi connectivity index (χ1n) is 9.75. The fourth-order valence-corrected chi connectivity index (χ4v) is 3.00. The number of rotatable bonds is 7. The van der Waals surface area contributed by atoms with E-state index in [1.54, 1.807) is 12.0 Å². The van der Waals surface area contributed by atoms with Gasteiger partial charge in [-0.1, -0.05) is 12.1 Å². The highest BCUT2D eigenvalue weighted by atomic mass is 127. The minimum atomic E-state index is -0.224. The second kappa shape index (κ2) is 13.5. The van der Waals surface area contributed by atoms with Crippen molar-refractivity contribution in [3.05, 3.63) is 29.8 Å². The number of nitrogens with zero attached hydrogens (tertiary/aromatic N) is 3. The van der Waals surface area contributed by atoms with Crippen LogP contribution in [0.25, 0.3) is 0 Å². The zero-order chi connectivity index (χ0) is 19.5. The Balaban J connectivity index is 0.00000392. The van der Waals surface area contributed by atoms with Crippen molar-refractivity contribution in [3.63, 3.8) is 0 Å². The summed E-state index contributed by atoms with van der Waals surface area (Å²) in [6.07, 6.45) is 1.76. The van der Waals surface area contributed by atoms with E-state index in [0.717, 1.165) is 50.7 Å². The molecule has 0 bridgehead atoms. The van der Waals surface area contributed by atoms with Gasteiger partial charge in [0.1, 0.15) is 5.75 Å². The SMILES string of the molecule is CCNC(=NCCCc1ccc(OC)cc1)N1CCN(C(=O)OCC)CC1.I. The van der Waals surface area contributed by atoms with Gasteiger partial charge in [0.2, 0.25) is 0 Å². The Kier molecular flexibility index (Phi) is 11.7. The summed E-state index contributed by atoms with van der Waals surface area (Å²) in [5.41, 5.74) is 1.29. The lowest BCUT2D eigenvalue weighted by Gasteiger charge is -2.35. The lowest BCUT2D eigenvalue weighted by Crippen LogP contribution is -2.53. The summed E-state index contributed by atoms with van der Waals surface area (Å²) in [7, 11) is 1.68. The number of carbonyl (C=O) groups is 1. The van der Waals surface area contributed by atoms with Gasteiger partial charge < -0.3 is 24.6 Å². The van der Waals surface area contributed by atoms with Crippen LogP contribution >= 0.6 is 24.0 Å². The molecule has 0 spiro atoms. The highest BCUT2D eigenvalue weighted by Gasteiger charge is 2.23. The van der Waals surface area contributed by atoms with Crippen molar-refractivity contribution in [3.8, 4) is 5.75 Å². The van der Waals surface area contributed by atoms with Crippen LogP contribution in [0.5, 0.6) is 5.75 Å². The number of aryl methyl sites for hydroxylation is 1. The van der Waals surface area contributed by atoms with Crippen LogP contribution in [0.2, 0.25) is 0 Å². The van der Waals surface area contributed by atoms with Gasteiger partial charge in [-0.3, -0.25) is 4.99 Å². The van der Waals surface area contributed by atoms with Crippen LogP contribution in [-0.4, -0.2) is 74.8 Å². The lowest BCUT2D eigenvalue weighted by atomic mass is 10.1. The zero-order valence-corrected chi connectivity index (χ0v) is 19.5. The Morgan fingerprint density at radius 2 is 1.75 bits per heavy atom. The van der Waals surface area contributed by atoms with Crippen LogP contribution in [0.3, 0.4) is 0 Å². The van der Waals surface area contributed by atoms with E-state index >= 15 is 0 Å². The quantitative estimate of drug-likeness (QED) is 0.268. The summed E-state index contributed by atoms with van der Waals surface area (Å²) in [6, 6.07) is 8.18. The number of aliphatic imine (C=N–C) groups is 1. The zero-order valence-electron chi connectivity index (χ0n) is 17.1. The molecule has 1 aromatic rings. The van der Waals surface area contributed by atoms with E-state index in [4.69, 9.17) is 14.5 Å². The number of amides is 1. The fraction of sp³-hybridized carbons (Fsp3) is 0.600. The van der Waals surface area contributed by atoms with Gasteiger partial charge in [-0.15, -0.1) is 24.0 Å². The molecule has 1 saturated heterocycles. The Morgan fingerprint density at radius 1 is 1.11 bits per heavy atom. The second-order valence-electron chi connectivity index (χ2n) is 6.36. The molecule has 0 radical (unpaired) electrons. The van der Waals surface area contributed by atoms with Crippen LogP contribution in [0.1, 0.15) is 25.8 Å². The first-order chi connectivity index (χ1) is 13.2. The monoisotopic (exact) mass is 504 g/mol. The summed E-state index contributed by atoms with van der Waals surface area (Å²) in [5, 5.41) is 3.36. The molecule has 0 saturated carbocycles. The number of halogens is 1. The molecule has 1 aromatic carbocycles. The first kappa shape index (κ1) is 24.3. The lowest BCUT2D eigenvalue weighted by molar-refractivity contribution is 0.0914. The van der Waals surface area contributed by atoms with Crippen molar-refractivity contribution in [2.45, 2.75) is 26.7 Å². The van der Waals surface area contributed by atoms with E-state index in [0.29, 0.717) is 19.7 Å². The maximum Gasteiger partial charge on any atom is 0.409 e. The van der Waals surface area contributed by atoms with E-state index in [1.165, 1.54) is 5.56 Å². The summed E-state index contributed by atoms with van der Waals surface area (Å²) in [4.78, 5) is 20.6. The van der Waals surface area contributed by atoms with Gasteiger partial charge in [0, 0.05) is 39.3 Å². The molecular weight excluding hydrogens is 471 g/mol. The Hall–Kier alpha value is -1.71. The van der Waals surface area contributed by atoms with Crippen LogP contribution in [-0.2, 0) is 11.2 Å². The van der Waals surface area contributed by atoms with Crippen molar-refractivity contribution in [1.82, 2.24) is 15.1 Å². The third-order valence-electron chi connectivity index (χ3n) is 4.48. The van der Waals surface area contributed by atoms with Gasteiger partial charge in [-0.2, -0.15) is 0 Å². The second-order valence-corrected chi connectivity index (χ2v) is 6.36. The third-order valence-corrected chi connectivity index (χ3v) is 4.48. The molecule has 28 heavy (non-hydrogen) atoms. The maximum atomic E-state index is 11.8. The number of benzene rings is 1. The molecular formula is C20H33IN4O3. The van der Waals surface area contributed by atoms with Gasteiger partial charge in [0.15, 0.2) is 5.96 Å². The Labute approximate surface area is 185 Å². The molecule has 1 N–H and O–H groups in total. The molecule has 0 atom stereocenters. The number of hydrogen-bond donors (Lipinski definition) is 1. The number of guanidine groups is 1. The average Bonchev–Trinajstić information content (AvgIpc) is 2.71. The molecule has 2 rings (SSSR count). The minimum Gasteiger partial charge on any atom is -0.497 e. The molecule has 158 valence electrons. The van der Waals surface area contributed by atoms with Crippen LogP contribution in [0.15, 0.2) is 29.3 Å². The normalized spacial score (nSPS) is 14.3. The molecule has 1 heterocycles. The topological polar surface area (TPSA) is 66.4 Å². The molecule has 1 fully saturated rings. The van der Waals surface area contributed by atoms with Crippen molar-refractivity contribution in [2.75, 3.05) is 53.0 Å². The van der Waals surface area contributed by atoms with Gasteiger partial charge in [0.05, 0.1) is 13.7 Å². The summed E-state index contributed by atoms with van der Waals surface area (Å²) in [6.45, 7) is 8.77. The summed E-state index contributed by atoms with van der Waals surface area (Å²) >= 11 is 0. The van der Waals surface area contributed by atoms with Crippen LogP contribution in [0.4, 0.5) is 4.79 Å². The molecule has 1 aliphatic rings. The predicted molar refractivity (Wildman–Crippen MR) is 123 cm³/mol. The van der Waals surface area contributed by atoms with Crippen molar-refractivity contribution >= 4 is 36.0 Å². The first-order valence-corrected chi connectivity index (χ1v) is 9.75. The van der Waals surface area contributed by atoms with E-state index in [9.17, 15) is 4.79 Å². The molecule has 0 aromatic heterocycles. The molecule has 0 unspecified atom stereocenters. The van der Waals surface area contributed by atoms with Gasteiger partial charge in [-0.25, -0.2) is 4.79 Å². The van der Waals surface area contributed by atoms with Gasteiger partial charge in [0.25, 0.3) is 0 Å². The van der Waals surface area contributed by atoms with E-state index in [2.05, 4.69) is 29.3 Å². The number of hydrogen-bond acceptors (Lipinski definition) is 4. The predicted octanol–water partition coefficient (Wildman–Crippen LogP) is 2.99. The fourth-order valence-electron chi connectivity index (χ4n) is 3.00. The number of carbonyl (C=O) groups excluding carboxylic acids is 1. The maximum absolute atomic E-state index is 11.8. The summed E-state index contributed by atoms with van der Waals surface area (Å²) < 4.78 is 10.3. The van der Waals surface area contributed by atoms with E-state index in [1.807, 2.05) is 19.1 Å². The highest BCUT2D eigenvalue weighted by molar-refractivity contribution is 14.0. The largest absolute Gasteiger partial charge is 0.497 e. The molecule has 1 aliphatic heterocycles. The Morgan fingerprint density at radius 3 is 2.32 bits per heavy atom. The summed E-state index contributed by atoms with van der Waals surface area (Å²) in [5.74, 6) is 1.81.